The molecule has 0 N–H and O–H groups in total. The minimum atomic E-state index is 0.0290. The van der Waals surface area contributed by atoms with E-state index in [2.05, 4.69) is 25.7 Å². The fourth-order valence-electron chi connectivity index (χ4n) is 3.25. The van der Waals surface area contributed by atoms with Crippen LogP contribution in [0, 0.1) is 5.41 Å². The molecule has 1 aliphatic rings. The van der Waals surface area contributed by atoms with Crippen LogP contribution >= 0.6 is 0 Å². The Balaban J connectivity index is 2.00. The third-order valence-electron chi connectivity index (χ3n) is 4.59. The third kappa shape index (κ3) is 5.04. The van der Waals surface area contributed by atoms with Crippen molar-refractivity contribution < 1.29 is 19.0 Å². The first-order valence-electron chi connectivity index (χ1n) is 9.07. The Morgan fingerprint density at radius 1 is 0.962 bits per heavy atom. The summed E-state index contributed by atoms with van der Waals surface area (Å²) in [5, 5.41) is 0. The first-order chi connectivity index (χ1) is 12.3. The SMILES string of the molecule is COc1ccc(CN2CCN(C(=O)CC(C)(C)C)CC2)c(OC)c1OC. The van der Waals surface area contributed by atoms with Crippen molar-refractivity contribution in [2.45, 2.75) is 33.7 Å². The lowest BCUT2D eigenvalue weighted by Crippen LogP contribution is -2.48. The van der Waals surface area contributed by atoms with Crippen molar-refractivity contribution in [2.75, 3.05) is 47.5 Å². The number of rotatable bonds is 6. The van der Waals surface area contributed by atoms with Gasteiger partial charge in [0.05, 0.1) is 21.3 Å². The zero-order valence-corrected chi connectivity index (χ0v) is 16.9. The van der Waals surface area contributed by atoms with Crippen molar-refractivity contribution in [1.29, 1.82) is 0 Å². The number of benzene rings is 1. The summed E-state index contributed by atoms with van der Waals surface area (Å²) < 4.78 is 16.4. The van der Waals surface area contributed by atoms with E-state index in [9.17, 15) is 4.79 Å². The van der Waals surface area contributed by atoms with Crippen molar-refractivity contribution in [3.8, 4) is 17.2 Å². The summed E-state index contributed by atoms with van der Waals surface area (Å²) >= 11 is 0. The van der Waals surface area contributed by atoms with E-state index in [4.69, 9.17) is 14.2 Å². The van der Waals surface area contributed by atoms with Crippen LogP contribution < -0.4 is 14.2 Å². The first kappa shape index (κ1) is 20.4. The molecule has 0 saturated carbocycles. The lowest BCUT2D eigenvalue weighted by atomic mass is 9.91. The molecule has 0 unspecified atom stereocenters. The van der Waals surface area contributed by atoms with Gasteiger partial charge in [-0.3, -0.25) is 9.69 Å². The molecule has 0 bridgehead atoms. The van der Waals surface area contributed by atoms with Gasteiger partial charge in [0.25, 0.3) is 0 Å². The molecule has 1 heterocycles. The van der Waals surface area contributed by atoms with Gasteiger partial charge in [-0.15, -0.1) is 0 Å². The van der Waals surface area contributed by atoms with E-state index in [-0.39, 0.29) is 11.3 Å². The summed E-state index contributed by atoms with van der Waals surface area (Å²) in [7, 11) is 4.87. The van der Waals surface area contributed by atoms with Crippen molar-refractivity contribution in [3.63, 3.8) is 0 Å². The zero-order valence-electron chi connectivity index (χ0n) is 16.9. The van der Waals surface area contributed by atoms with Gasteiger partial charge in [0.1, 0.15) is 0 Å². The molecule has 1 aliphatic heterocycles. The van der Waals surface area contributed by atoms with Crippen LogP contribution in [0.1, 0.15) is 32.8 Å². The van der Waals surface area contributed by atoms with E-state index >= 15 is 0 Å². The van der Waals surface area contributed by atoms with E-state index in [0.717, 1.165) is 38.3 Å². The van der Waals surface area contributed by atoms with Crippen LogP contribution in [-0.2, 0) is 11.3 Å². The largest absolute Gasteiger partial charge is 0.493 e. The number of hydrogen-bond donors (Lipinski definition) is 0. The Morgan fingerprint density at radius 3 is 2.08 bits per heavy atom. The highest BCUT2D eigenvalue weighted by molar-refractivity contribution is 5.76. The summed E-state index contributed by atoms with van der Waals surface area (Å²) in [5.41, 5.74) is 1.08. The monoisotopic (exact) mass is 364 g/mol. The molecule has 1 fully saturated rings. The number of carbonyl (C=O) groups excluding carboxylic acids is 1. The maximum absolute atomic E-state index is 12.4. The van der Waals surface area contributed by atoms with Gasteiger partial charge < -0.3 is 19.1 Å². The standard InChI is InChI=1S/C20H32N2O4/c1-20(2,3)13-17(23)22-11-9-21(10-12-22)14-15-7-8-16(24-4)19(26-6)18(15)25-5/h7-8H,9-14H2,1-6H3. The van der Waals surface area contributed by atoms with E-state index in [1.165, 1.54) is 0 Å². The molecule has 1 aromatic rings. The summed E-state index contributed by atoms with van der Waals surface area (Å²) in [6.45, 7) is 10.3. The summed E-state index contributed by atoms with van der Waals surface area (Å²) in [6, 6.07) is 3.91. The Morgan fingerprint density at radius 2 is 1.58 bits per heavy atom. The molecule has 1 saturated heterocycles. The maximum Gasteiger partial charge on any atom is 0.223 e. The Hall–Kier alpha value is -1.95. The van der Waals surface area contributed by atoms with Crippen LogP contribution in [0.2, 0.25) is 0 Å². The van der Waals surface area contributed by atoms with E-state index in [0.29, 0.717) is 23.7 Å². The summed E-state index contributed by atoms with van der Waals surface area (Å²) in [4.78, 5) is 16.7. The average Bonchev–Trinajstić information content (AvgIpc) is 2.60. The Kier molecular flexibility index (Phi) is 6.75. The lowest BCUT2D eigenvalue weighted by molar-refractivity contribution is -0.134. The number of carbonyl (C=O) groups is 1. The van der Waals surface area contributed by atoms with Crippen LogP contribution in [0.3, 0.4) is 0 Å². The van der Waals surface area contributed by atoms with Gasteiger partial charge in [0, 0.05) is 44.7 Å². The smallest absolute Gasteiger partial charge is 0.223 e. The Bertz CT molecular complexity index is 617. The minimum Gasteiger partial charge on any atom is -0.493 e. The predicted molar refractivity (Wildman–Crippen MR) is 102 cm³/mol. The number of nitrogens with zero attached hydrogens (tertiary/aromatic N) is 2. The lowest BCUT2D eigenvalue weighted by Gasteiger charge is -2.36. The van der Waals surface area contributed by atoms with Crippen LogP contribution in [0.15, 0.2) is 12.1 Å². The number of ether oxygens (including phenoxy) is 3. The third-order valence-corrected chi connectivity index (χ3v) is 4.59. The second-order valence-electron chi connectivity index (χ2n) is 7.89. The second kappa shape index (κ2) is 8.62. The van der Waals surface area contributed by atoms with Crippen molar-refractivity contribution in [1.82, 2.24) is 9.80 Å². The van der Waals surface area contributed by atoms with Gasteiger partial charge in [0.2, 0.25) is 11.7 Å². The summed E-state index contributed by atoms with van der Waals surface area (Å²) in [5.74, 6) is 2.23. The van der Waals surface area contributed by atoms with Gasteiger partial charge >= 0.3 is 0 Å². The fraction of sp³-hybridized carbons (Fsp3) is 0.650. The fourth-order valence-corrected chi connectivity index (χ4v) is 3.25. The molecular weight excluding hydrogens is 332 g/mol. The van der Waals surface area contributed by atoms with Crippen LogP contribution in [0.4, 0.5) is 0 Å². The molecule has 1 aromatic carbocycles. The molecular formula is C20H32N2O4. The number of piperazine rings is 1. The number of methoxy groups -OCH3 is 3. The van der Waals surface area contributed by atoms with Crippen LogP contribution in [-0.4, -0.2) is 63.2 Å². The quantitative estimate of drug-likeness (QED) is 0.777. The topological polar surface area (TPSA) is 51.2 Å². The molecule has 6 heteroatoms. The molecule has 26 heavy (non-hydrogen) atoms. The van der Waals surface area contributed by atoms with Gasteiger partial charge in [0.15, 0.2) is 11.5 Å². The molecule has 0 radical (unpaired) electrons. The van der Waals surface area contributed by atoms with Gasteiger partial charge in [-0.05, 0) is 11.5 Å². The van der Waals surface area contributed by atoms with Crippen molar-refractivity contribution in [2.24, 2.45) is 5.41 Å². The van der Waals surface area contributed by atoms with E-state index in [1.807, 2.05) is 17.0 Å². The first-order valence-corrected chi connectivity index (χ1v) is 9.07. The van der Waals surface area contributed by atoms with Gasteiger partial charge in [-0.1, -0.05) is 26.8 Å². The highest BCUT2D eigenvalue weighted by Gasteiger charge is 2.26. The maximum atomic E-state index is 12.4. The molecule has 146 valence electrons. The molecule has 1 amide bonds. The van der Waals surface area contributed by atoms with E-state index in [1.54, 1.807) is 21.3 Å². The molecule has 0 spiro atoms. The highest BCUT2D eigenvalue weighted by atomic mass is 16.5. The van der Waals surface area contributed by atoms with Crippen molar-refractivity contribution in [3.05, 3.63) is 17.7 Å². The molecule has 0 aromatic heterocycles. The van der Waals surface area contributed by atoms with Crippen LogP contribution in [0.25, 0.3) is 0 Å². The molecule has 0 atom stereocenters. The van der Waals surface area contributed by atoms with Crippen molar-refractivity contribution >= 4 is 5.91 Å². The number of amides is 1. The van der Waals surface area contributed by atoms with Crippen LogP contribution in [0.5, 0.6) is 17.2 Å². The highest BCUT2D eigenvalue weighted by Crippen LogP contribution is 2.40. The Labute approximate surface area is 157 Å². The van der Waals surface area contributed by atoms with E-state index < -0.39 is 0 Å². The summed E-state index contributed by atoms with van der Waals surface area (Å²) in [6.07, 6.45) is 0.594. The second-order valence-corrected chi connectivity index (χ2v) is 7.89. The predicted octanol–water partition coefficient (Wildman–Crippen LogP) is 2.79. The molecule has 0 aliphatic carbocycles. The molecule has 6 nitrogen and oxygen atoms in total. The van der Waals surface area contributed by atoms with Gasteiger partial charge in [-0.2, -0.15) is 0 Å². The molecule has 2 rings (SSSR count). The normalized spacial score (nSPS) is 15.7. The zero-order chi connectivity index (χ0) is 19.3. The number of hydrogen-bond acceptors (Lipinski definition) is 5. The minimum absolute atomic E-state index is 0.0290. The van der Waals surface area contributed by atoms with Gasteiger partial charge in [-0.25, -0.2) is 0 Å². The average molecular weight is 364 g/mol.